The standard InChI is InChI=1S/C21H17F3N2O3S2/c1-13-9-10-16(12-17(13)22)31(28,29)26-15-6-4-5-14(11-15)20(27)25-18-7-2-3-8-19(18)30-21(23)24/h2-12,21,26H,1H3,(H,25,27). The molecule has 3 aromatic carbocycles. The van der Waals surface area contributed by atoms with Crippen molar-refractivity contribution in [3.05, 3.63) is 83.7 Å². The first-order valence-electron chi connectivity index (χ1n) is 8.90. The SMILES string of the molecule is Cc1ccc(S(=O)(=O)Nc2cccc(C(=O)Nc3ccccc3SC(F)F)c2)cc1F. The molecule has 0 spiro atoms. The first-order valence-corrected chi connectivity index (χ1v) is 11.3. The van der Waals surface area contributed by atoms with E-state index in [1.165, 1.54) is 55.5 Å². The predicted octanol–water partition coefficient (Wildman–Crippen LogP) is 5.50. The van der Waals surface area contributed by atoms with Crippen LogP contribution in [0.2, 0.25) is 0 Å². The minimum atomic E-state index is -4.08. The molecular formula is C21H17F3N2O3S2. The summed E-state index contributed by atoms with van der Waals surface area (Å²) >= 11 is 0.303. The summed E-state index contributed by atoms with van der Waals surface area (Å²) in [5, 5.41) is 2.55. The second kappa shape index (κ2) is 9.44. The number of carbonyl (C=O) groups excluding carboxylic acids is 1. The van der Waals surface area contributed by atoms with Crippen LogP contribution < -0.4 is 10.0 Å². The summed E-state index contributed by atoms with van der Waals surface area (Å²) in [6, 6.07) is 15.3. The minimum Gasteiger partial charge on any atom is -0.321 e. The lowest BCUT2D eigenvalue weighted by Crippen LogP contribution is -2.15. The molecule has 0 aliphatic carbocycles. The predicted molar refractivity (Wildman–Crippen MR) is 115 cm³/mol. The van der Waals surface area contributed by atoms with Crippen LogP contribution in [-0.4, -0.2) is 20.1 Å². The van der Waals surface area contributed by atoms with Gasteiger partial charge in [0.2, 0.25) is 0 Å². The average molecular weight is 467 g/mol. The number of amides is 1. The average Bonchev–Trinajstić information content (AvgIpc) is 2.71. The van der Waals surface area contributed by atoms with Gasteiger partial charge in [-0.2, -0.15) is 8.78 Å². The normalized spacial score (nSPS) is 11.4. The molecule has 0 aliphatic rings. The highest BCUT2D eigenvalue weighted by Gasteiger charge is 2.17. The van der Waals surface area contributed by atoms with E-state index in [-0.39, 0.29) is 26.7 Å². The third-order valence-corrected chi connectivity index (χ3v) is 6.35. The molecule has 0 saturated carbocycles. The van der Waals surface area contributed by atoms with Gasteiger partial charge in [-0.25, -0.2) is 12.8 Å². The Bertz CT molecular complexity index is 1220. The monoisotopic (exact) mass is 466 g/mol. The number of hydrogen-bond donors (Lipinski definition) is 2. The third kappa shape index (κ3) is 5.80. The number of carbonyl (C=O) groups is 1. The van der Waals surface area contributed by atoms with E-state index >= 15 is 0 Å². The summed E-state index contributed by atoms with van der Waals surface area (Å²) < 4.78 is 66.5. The lowest BCUT2D eigenvalue weighted by Gasteiger charge is -2.12. The first kappa shape index (κ1) is 22.7. The van der Waals surface area contributed by atoms with Gasteiger partial charge >= 0.3 is 0 Å². The van der Waals surface area contributed by atoms with Crippen molar-refractivity contribution in [2.45, 2.75) is 22.5 Å². The van der Waals surface area contributed by atoms with Crippen molar-refractivity contribution >= 4 is 39.1 Å². The molecular weight excluding hydrogens is 449 g/mol. The Labute approximate surface area is 181 Å². The fraction of sp³-hybridized carbons (Fsp3) is 0.0952. The fourth-order valence-electron chi connectivity index (χ4n) is 2.64. The maximum Gasteiger partial charge on any atom is 0.288 e. The molecule has 0 unspecified atom stereocenters. The molecule has 0 aliphatic heterocycles. The van der Waals surface area contributed by atoms with E-state index in [1.807, 2.05) is 0 Å². The number of anilines is 2. The number of sulfonamides is 1. The molecule has 0 heterocycles. The lowest BCUT2D eigenvalue weighted by molar-refractivity contribution is 0.102. The maximum atomic E-state index is 13.7. The number of para-hydroxylation sites is 1. The van der Waals surface area contributed by atoms with Crippen molar-refractivity contribution in [3.8, 4) is 0 Å². The van der Waals surface area contributed by atoms with Gasteiger partial charge in [-0.1, -0.05) is 36.0 Å². The second-order valence-electron chi connectivity index (χ2n) is 6.43. The van der Waals surface area contributed by atoms with E-state index < -0.39 is 27.5 Å². The van der Waals surface area contributed by atoms with Crippen LogP contribution in [0.1, 0.15) is 15.9 Å². The van der Waals surface area contributed by atoms with Gasteiger partial charge in [0.15, 0.2) is 0 Å². The maximum absolute atomic E-state index is 13.7. The van der Waals surface area contributed by atoms with Crippen LogP contribution in [0.15, 0.2) is 76.5 Å². The lowest BCUT2D eigenvalue weighted by atomic mass is 10.2. The van der Waals surface area contributed by atoms with Crippen LogP contribution in [0.5, 0.6) is 0 Å². The number of halogens is 3. The van der Waals surface area contributed by atoms with Gasteiger partial charge in [-0.3, -0.25) is 9.52 Å². The Balaban J connectivity index is 1.80. The minimum absolute atomic E-state index is 0.0869. The number of aryl methyl sites for hydroxylation is 1. The molecule has 5 nitrogen and oxygen atoms in total. The third-order valence-electron chi connectivity index (χ3n) is 4.18. The molecule has 0 atom stereocenters. The van der Waals surface area contributed by atoms with Crippen molar-refractivity contribution < 1.29 is 26.4 Å². The van der Waals surface area contributed by atoms with Crippen molar-refractivity contribution in [2.75, 3.05) is 10.0 Å². The Hall–Kier alpha value is -2.98. The Morgan fingerprint density at radius 3 is 2.45 bits per heavy atom. The van der Waals surface area contributed by atoms with Gasteiger partial charge in [-0.15, -0.1) is 0 Å². The summed E-state index contributed by atoms with van der Waals surface area (Å²) in [6.45, 7) is 1.51. The van der Waals surface area contributed by atoms with Crippen LogP contribution in [0.25, 0.3) is 0 Å². The molecule has 0 saturated heterocycles. The van der Waals surface area contributed by atoms with Crippen molar-refractivity contribution in [1.82, 2.24) is 0 Å². The van der Waals surface area contributed by atoms with Crippen molar-refractivity contribution in [3.63, 3.8) is 0 Å². The molecule has 2 N–H and O–H groups in total. The number of alkyl halides is 2. The smallest absolute Gasteiger partial charge is 0.288 e. The number of thioether (sulfide) groups is 1. The first-order chi connectivity index (χ1) is 14.7. The molecule has 0 aromatic heterocycles. The molecule has 162 valence electrons. The quantitative estimate of drug-likeness (QED) is 0.451. The van der Waals surface area contributed by atoms with Gasteiger partial charge in [0.25, 0.3) is 21.7 Å². The molecule has 3 rings (SSSR count). The molecule has 0 bridgehead atoms. The number of rotatable bonds is 7. The molecule has 1 amide bonds. The van der Waals surface area contributed by atoms with E-state index in [2.05, 4.69) is 10.0 Å². The molecule has 10 heteroatoms. The number of hydrogen-bond acceptors (Lipinski definition) is 4. The Kier molecular flexibility index (Phi) is 6.91. The largest absolute Gasteiger partial charge is 0.321 e. The highest BCUT2D eigenvalue weighted by Crippen LogP contribution is 2.32. The van der Waals surface area contributed by atoms with Crippen molar-refractivity contribution in [2.24, 2.45) is 0 Å². The molecule has 0 radical (unpaired) electrons. The topological polar surface area (TPSA) is 75.3 Å². The Morgan fingerprint density at radius 1 is 1.00 bits per heavy atom. The van der Waals surface area contributed by atoms with E-state index in [0.717, 1.165) is 6.07 Å². The number of nitrogens with one attached hydrogen (secondary N) is 2. The van der Waals surface area contributed by atoms with Gasteiger partial charge in [0.05, 0.1) is 10.6 Å². The summed E-state index contributed by atoms with van der Waals surface area (Å²) in [4.78, 5) is 12.5. The second-order valence-corrected chi connectivity index (χ2v) is 9.14. The Morgan fingerprint density at radius 2 is 1.74 bits per heavy atom. The van der Waals surface area contributed by atoms with Crippen LogP contribution in [-0.2, 0) is 10.0 Å². The van der Waals surface area contributed by atoms with E-state index in [4.69, 9.17) is 0 Å². The highest BCUT2D eigenvalue weighted by molar-refractivity contribution is 7.99. The zero-order chi connectivity index (χ0) is 22.6. The van der Waals surface area contributed by atoms with E-state index in [1.54, 1.807) is 12.1 Å². The van der Waals surface area contributed by atoms with E-state index in [0.29, 0.717) is 17.3 Å². The van der Waals surface area contributed by atoms with E-state index in [9.17, 15) is 26.4 Å². The zero-order valence-electron chi connectivity index (χ0n) is 16.1. The molecule has 31 heavy (non-hydrogen) atoms. The summed E-state index contributed by atoms with van der Waals surface area (Å²) in [5.41, 5.74) is 0.706. The van der Waals surface area contributed by atoms with Crippen LogP contribution in [0.3, 0.4) is 0 Å². The summed E-state index contributed by atoms with van der Waals surface area (Å²) in [6.07, 6.45) is 0. The van der Waals surface area contributed by atoms with Gasteiger partial charge in [0, 0.05) is 16.1 Å². The van der Waals surface area contributed by atoms with Crippen LogP contribution in [0.4, 0.5) is 24.5 Å². The number of benzene rings is 3. The van der Waals surface area contributed by atoms with Crippen LogP contribution in [0, 0.1) is 12.7 Å². The van der Waals surface area contributed by atoms with Crippen LogP contribution >= 0.6 is 11.8 Å². The summed E-state index contributed by atoms with van der Waals surface area (Å²) in [7, 11) is -4.08. The van der Waals surface area contributed by atoms with Crippen molar-refractivity contribution in [1.29, 1.82) is 0 Å². The zero-order valence-corrected chi connectivity index (χ0v) is 17.7. The van der Waals surface area contributed by atoms with Gasteiger partial charge in [0.1, 0.15) is 5.82 Å². The highest BCUT2D eigenvalue weighted by atomic mass is 32.2. The fourth-order valence-corrected chi connectivity index (χ4v) is 4.30. The summed E-state index contributed by atoms with van der Waals surface area (Å²) in [5.74, 6) is -3.91. The molecule has 0 fully saturated rings. The molecule has 3 aromatic rings. The van der Waals surface area contributed by atoms with Gasteiger partial charge < -0.3 is 5.32 Å². The van der Waals surface area contributed by atoms with Gasteiger partial charge in [-0.05, 0) is 55.0 Å².